The summed E-state index contributed by atoms with van der Waals surface area (Å²) < 4.78 is 13.3. The molecule has 1 aromatic carbocycles. The third-order valence-corrected chi connectivity index (χ3v) is 4.47. The molecule has 2 aromatic rings. The van der Waals surface area contributed by atoms with Crippen LogP contribution in [0, 0.1) is 5.82 Å². The standard InChI is InChI=1S/C16H19ClFNS/c1-2-9-19-16(8-6-13-4-3-10-20-13)12-5-7-15(18)14(17)11-12/h3-5,7,10-11,16,19H,2,6,8-9H2,1H3. The van der Waals surface area contributed by atoms with E-state index in [9.17, 15) is 4.39 Å². The van der Waals surface area contributed by atoms with Gasteiger partial charge in [-0.1, -0.05) is 30.7 Å². The van der Waals surface area contributed by atoms with Crippen molar-refractivity contribution in [2.45, 2.75) is 32.2 Å². The van der Waals surface area contributed by atoms with Crippen LogP contribution in [0.15, 0.2) is 35.7 Å². The molecule has 0 saturated carbocycles. The summed E-state index contributed by atoms with van der Waals surface area (Å²) in [6.45, 7) is 3.09. The number of nitrogens with one attached hydrogen (secondary N) is 1. The van der Waals surface area contributed by atoms with Crippen LogP contribution >= 0.6 is 22.9 Å². The average Bonchev–Trinajstić information content (AvgIpc) is 2.95. The van der Waals surface area contributed by atoms with E-state index in [2.05, 4.69) is 29.8 Å². The molecule has 0 aliphatic carbocycles. The number of aryl methyl sites for hydroxylation is 1. The van der Waals surface area contributed by atoms with Gasteiger partial charge in [-0.15, -0.1) is 11.3 Å². The molecule has 2 rings (SSSR count). The third kappa shape index (κ3) is 4.30. The SMILES string of the molecule is CCCNC(CCc1cccs1)c1ccc(F)c(Cl)c1. The largest absolute Gasteiger partial charge is 0.310 e. The molecule has 4 heteroatoms. The highest BCUT2D eigenvalue weighted by Gasteiger charge is 2.13. The molecule has 1 unspecified atom stereocenters. The number of benzene rings is 1. The highest BCUT2D eigenvalue weighted by Crippen LogP contribution is 2.25. The summed E-state index contributed by atoms with van der Waals surface area (Å²) in [6.07, 6.45) is 3.08. The van der Waals surface area contributed by atoms with Gasteiger partial charge in [0.15, 0.2) is 0 Å². The Morgan fingerprint density at radius 3 is 2.85 bits per heavy atom. The maximum absolute atomic E-state index is 13.3. The van der Waals surface area contributed by atoms with Crippen molar-refractivity contribution in [2.24, 2.45) is 0 Å². The molecule has 0 bridgehead atoms. The molecule has 1 atom stereocenters. The van der Waals surface area contributed by atoms with E-state index in [1.165, 1.54) is 10.9 Å². The molecule has 1 N–H and O–H groups in total. The number of hydrogen-bond acceptors (Lipinski definition) is 2. The lowest BCUT2D eigenvalue weighted by Crippen LogP contribution is -2.22. The summed E-state index contributed by atoms with van der Waals surface area (Å²) in [5.74, 6) is -0.358. The number of halogens is 2. The molecule has 0 aliphatic heterocycles. The average molecular weight is 312 g/mol. The van der Waals surface area contributed by atoms with Gasteiger partial charge in [-0.3, -0.25) is 0 Å². The van der Waals surface area contributed by atoms with E-state index < -0.39 is 0 Å². The summed E-state index contributed by atoms with van der Waals surface area (Å²) in [5.41, 5.74) is 1.06. The number of hydrogen-bond donors (Lipinski definition) is 1. The van der Waals surface area contributed by atoms with Crippen LogP contribution in [0.5, 0.6) is 0 Å². The lowest BCUT2D eigenvalue weighted by Gasteiger charge is -2.19. The fraction of sp³-hybridized carbons (Fsp3) is 0.375. The minimum atomic E-state index is -0.358. The van der Waals surface area contributed by atoms with Gasteiger partial charge in [0, 0.05) is 10.9 Å². The van der Waals surface area contributed by atoms with Crippen LogP contribution < -0.4 is 5.32 Å². The second kappa shape index (κ2) is 7.77. The molecule has 108 valence electrons. The second-order valence-corrected chi connectivity index (χ2v) is 6.24. The van der Waals surface area contributed by atoms with Gasteiger partial charge in [0.1, 0.15) is 5.82 Å². The molecule has 0 amide bonds. The Hall–Kier alpha value is -0.900. The van der Waals surface area contributed by atoms with Gasteiger partial charge in [-0.25, -0.2) is 4.39 Å². The molecule has 1 aromatic heterocycles. The van der Waals surface area contributed by atoms with Crippen molar-refractivity contribution in [2.75, 3.05) is 6.54 Å². The Kier molecular flexibility index (Phi) is 6.02. The molecular formula is C16H19ClFNS. The zero-order chi connectivity index (χ0) is 14.4. The van der Waals surface area contributed by atoms with E-state index in [0.717, 1.165) is 31.4 Å². The van der Waals surface area contributed by atoms with E-state index in [4.69, 9.17) is 11.6 Å². The molecule has 1 heterocycles. The Morgan fingerprint density at radius 1 is 1.35 bits per heavy atom. The van der Waals surface area contributed by atoms with Gasteiger partial charge in [0.2, 0.25) is 0 Å². The topological polar surface area (TPSA) is 12.0 Å². The molecule has 0 spiro atoms. The quantitative estimate of drug-likeness (QED) is 0.739. The van der Waals surface area contributed by atoms with E-state index in [1.807, 2.05) is 6.07 Å². The monoisotopic (exact) mass is 311 g/mol. The van der Waals surface area contributed by atoms with E-state index in [-0.39, 0.29) is 16.9 Å². The summed E-state index contributed by atoms with van der Waals surface area (Å²) in [5, 5.41) is 5.81. The van der Waals surface area contributed by atoms with Crippen LogP contribution in [0.1, 0.15) is 36.2 Å². The van der Waals surface area contributed by atoms with Gasteiger partial charge < -0.3 is 5.32 Å². The molecule has 0 radical (unpaired) electrons. The normalized spacial score (nSPS) is 12.6. The van der Waals surface area contributed by atoms with Gasteiger partial charge >= 0.3 is 0 Å². The van der Waals surface area contributed by atoms with E-state index in [1.54, 1.807) is 17.4 Å². The van der Waals surface area contributed by atoms with E-state index in [0.29, 0.717) is 0 Å². The van der Waals surface area contributed by atoms with Crippen LogP contribution in [0.4, 0.5) is 4.39 Å². The molecule has 0 fully saturated rings. The van der Waals surface area contributed by atoms with Gasteiger partial charge in [-0.2, -0.15) is 0 Å². The Labute approximate surface area is 128 Å². The predicted molar refractivity (Wildman–Crippen MR) is 85.1 cm³/mol. The maximum atomic E-state index is 13.3. The minimum Gasteiger partial charge on any atom is -0.310 e. The first-order valence-electron chi connectivity index (χ1n) is 6.91. The highest BCUT2D eigenvalue weighted by molar-refractivity contribution is 7.09. The maximum Gasteiger partial charge on any atom is 0.141 e. The first-order valence-corrected chi connectivity index (χ1v) is 8.17. The van der Waals surface area contributed by atoms with E-state index >= 15 is 0 Å². The minimum absolute atomic E-state index is 0.196. The lowest BCUT2D eigenvalue weighted by atomic mass is 10.0. The third-order valence-electron chi connectivity index (χ3n) is 3.25. The smallest absolute Gasteiger partial charge is 0.141 e. The first kappa shape index (κ1) is 15.5. The summed E-state index contributed by atoms with van der Waals surface area (Å²) in [4.78, 5) is 1.38. The number of rotatable bonds is 7. The fourth-order valence-corrected chi connectivity index (χ4v) is 3.09. The Balaban J connectivity index is 2.07. The van der Waals surface area contributed by atoms with Crippen LogP contribution in [0.2, 0.25) is 5.02 Å². The van der Waals surface area contributed by atoms with Gasteiger partial charge in [-0.05, 0) is 54.9 Å². The van der Waals surface area contributed by atoms with Crippen molar-refractivity contribution < 1.29 is 4.39 Å². The Morgan fingerprint density at radius 2 is 2.20 bits per heavy atom. The van der Waals surface area contributed by atoms with Crippen LogP contribution in [-0.2, 0) is 6.42 Å². The van der Waals surface area contributed by atoms with Crippen molar-refractivity contribution in [1.82, 2.24) is 5.32 Å². The molecule has 0 aliphatic rings. The number of thiophene rings is 1. The summed E-state index contributed by atoms with van der Waals surface area (Å²) >= 11 is 7.67. The molecule has 0 saturated heterocycles. The highest BCUT2D eigenvalue weighted by atomic mass is 35.5. The molecule has 1 nitrogen and oxygen atoms in total. The van der Waals surface area contributed by atoms with Gasteiger partial charge in [0.25, 0.3) is 0 Å². The van der Waals surface area contributed by atoms with Crippen molar-refractivity contribution in [3.05, 3.63) is 57.0 Å². The zero-order valence-corrected chi connectivity index (χ0v) is 13.1. The Bertz CT molecular complexity index is 527. The molecular weight excluding hydrogens is 293 g/mol. The first-order chi connectivity index (χ1) is 9.70. The summed E-state index contributed by atoms with van der Waals surface area (Å²) in [7, 11) is 0. The van der Waals surface area contributed by atoms with Crippen molar-refractivity contribution in [3.8, 4) is 0 Å². The second-order valence-electron chi connectivity index (χ2n) is 4.80. The van der Waals surface area contributed by atoms with Crippen molar-refractivity contribution in [1.29, 1.82) is 0 Å². The van der Waals surface area contributed by atoms with Crippen molar-refractivity contribution in [3.63, 3.8) is 0 Å². The lowest BCUT2D eigenvalue weighted by molar-refractivity contribution is 0.499. The van der Waals surface area contributed by atoms with Gasteiger partial charge in [0.05, 0.1) is 5.02 Å². The van der Waals surface area contributed by atoms with Crippen LogP contribution in [0.25, 0.3) is 0 Å². The zero-order valence-electron chi connectivity index (χ0n) is 11.5. The van der Waals surface area contributed by atoms with Crippen LogP contribution in [0.3, 0.4) is 0 Å². The molecule has 20 heavy (non-hydrogen) atoms. The fourth-order valence-electron chi connectivity index (χ4n) is 2.18. The summed E-state index contributed by atoms with van der Waals surface area (Å²) in [6, 6.07) is 9.45. The van der Waals surface area contributed by atoms with Crippen molar-refractivity contribution >= 4 is 22.9 Å². The predicted octanol–water partition coefficient (Wildman–Crippen LogP) is 5.21. The van der Waals surface area contributed by atoms with Crippen LogP contribution in [-0.4, -0.2) is 6.54 Å².